The molecule has 0 aliphatic carbocycles. The van der Waals surface area contributed by atoms with Crippen molar-refractivity contribution in [1.82, 2.24) is 5.32 Å². The van der Waals surface area contributed by atoms with Crippen molar-refractivity contribution < 1.29 is 0 Å². The van der Waals surface area contributed by atoms with Gasteiger partial charge in [-0.25, -0.2) is 0 Å². The largest absolute Gasteiger partial charge is 0.397 e. The molecule has 0 aromatic heterocycles. The molecule has 0 amide bonds. The molecule has 2 rings (SSSR count). The van der Waals surface area contributed by atoms with Crippen LogP contribution in [0.5, 0.6) is 0 Å². The fourth-order valence-electron chi connectivity index (χ4n) is 1.02. The Labute approximate surface area is 53.0 Å². The van der Waals surface area contributed by atoms with Gasteiger partial charge < -0.3 is 11.1 Å². The van der Waals surface area contributed by atoms with Crippen LogP contribution in [0.15, 0.2) is 28.5 Å². The van der Waals surface area contributed by atoms with E-state index in [9.17, 15) is 0 Å². The number of hydrogen-bond acceptors (Lipinski definition) is 3. The van der Waals surface area contributed by atoms with Crippen molar-refractivity contribution in [3.63, 3.8) is 0 Å². The molecule has 0 bridgehead atoms. The Kier molecular flexibility index (Phi) is 0.704. The maximum Gasteiger partial charge on any atom is 0.146 e. The summed E-state index contributed by atoms with van der Waals surface area (Å²) >= 11 is 0. The molecule has 2 heterocycles. The monoisotopic (exact) mass is 121 g/mol. The summed E-state index contributed by atoms with van der Waals surface area (Å²) in [6.07, 6.45) is 5.60. The Morgan fingerprint density at radius 3 is 3.33 bits per heavy atom. The lowest BCUT2D eigenvalue weighted by atomic mass is 10.2. The Morgan fingerprint density at radius 2 is 2.56 bits per heavy atom. The Balaban J connectivity index is 2.39. The molecule has 3 heteroatoms. The SMILES string of the molecule is NC1=CNC2N=CC=C12. The second-order valence-electron chi connectivity index (χ2n) is 2.09. The molecule has 0 aromatic carbocycles. The van der Waals surface area contributed by atoms with Gasteiger partial charge in [0.15, 0.2) is 0 Å². The molecule has 3 nitrogen and oxygen atoms in total. The van der Waals surface area contributed by atoms with Gasteiger partial charge in [-0.05, 0) is 6.08 Å². The lowest BCUT2D eigenvalue weighted by Gasteiger charge is -2.00. The molecule has 1 atom stereocenters. The first kappa shape index (κ1) is 4.61. The summed E-state index contributed by atoms with van der Waals surface area (Å²) in [7, 11) is 0. The molecular weight excluding hydrogens is 114 g/mol. The van der Waals surface area contributed by atoms with E-state index in [4.69, 9.17) is 5.73 Å². The number of fused-ring (bicyclic) bond motifs is 1. The van der Waals surface area contributed by atoms with Crippen LogP contribution in [0.25, 0.3) is 0 Å². The second-order valence-corrected chi connectivity index (χ2v) is 2.09. The highest BCUT2D eigenvalue weighted by atomic mass is 15.1. The highest BCUT2D eigenvalue weighted by Crippen LogP contribution is 2.19. The quantitative estimate of drug-likeness (QED) is 0.463. The van der Waals surface area contributed by atoms with E-state index in [1.54, 1.807) is 12.4 Å². The lowest BCUT2D eigenvalue weighted by molar-refractivity contribution is 0.756. The van der Waals surface area contributed by atoms with E-state index in [0.717, 1.165) is 11.3 Å². The summed E-state index contributed by atoms with van der Waals surface area (Å²) in [6.45, 7) is 0. The smallest absolute Gasteiger partial charge is 0.146 e. The summed E-state index contributed by atoms with van der Waals surface area (Å²) in [5.74, 6) is 0. The minimum absolute atomic E-state index is 0.116. The molecule has 2 aliphatic heterocycles. The first-order valence-electron chi connectivity index (χ1n) is 2.83. The number of nitrogens with one attached hydrogen (secondary N) is 1. The summed E-state index contributed by atoms with van der Waals surface area (Å²) in [6, 6.07) is 0. The minimum Gasteiger partial charge on any atom is -0.397 e. The standard InChI is InChI=1S/C6H7N3/c7-5-3-9-6-4(5)1-2-8-6/h1-3,6,9H,7H2. The first-order valence-corrected chi connectivity index (χ1v) is 2.83. The van der Waals surface area contributed by atoms with Crippen LogP contribution in [-0.2, 0) is 0 Å². The summed E-state index contributed by atoms with van der Waals surface area (Å²) < 4.78 is 0. The first-order chi connectivity index (χ1) is 4.38. The van der Waals surface area contributed by atoms with Gasteiger partial charge in [-0.1, -0.05) is 0 Å². The average molecular weight is 121 g/mol. The fourth-order valence-corrected chi connectivity index (χ4v) is 1.02. The molecule has 46 valence electrons. The van der Waals surface area contributed by atoms with Gasteiger partial charge >= 0.3 is 0 Å². The van der Waals surface area contributed by atoms with Crippen LogP contribution in [0, 0.1) is 0 Å². The molecule has 2 aliphatic rings. The maximum absolute atomic E-state index is 5.57. The van der Waals surface area contributed by atoms with E-state index in [0.29, 0.717) is 0 Å². The summed E-state index contributed by atoms with van der Waals surface area (Å²) in [5, 5.41) is 3.02. The molecule has 0 aromatic rings. The zero-order chi connectivity index (χ0) is 6.27. The van der Waals surface area contributed by atoms with E-state index < -0.39 is 0 Å². The molecule has 0 fully saturated rings. The minimum atomic E-state index is 0.116. The highest BCUT2D eigenvalue weighted by molar-refractivity contribution is 5.78. The van der Waals surface area contributed by atoms with E-state index >= 15 is 0 Å². The second kappa shape index (κ2) is 1.37. The topological polar surface area (TPSA) is 50.4 Å². The summed E-state index contributed by atoms with van der Waals surface area (Å²) in [4.78, 5) is 4.09. The zero-order valence-electron chi connectivity index (χ0n) is 4.83. The lowest BCUT2D eigenvalue weighted by Crippen LogP contribution is -2.16. The van der Waals surface area contributed by atoms with Gasteiger partial charge in [0.25, 0.3) is 0 Å². The van der Waals surface area contributed by atoms with Crippen LogP contribution >= 0.6 is 0 Å². The summed E-state index contributed by atoms with van der Waals surface area (Å²) in [5.41, 5.74) is 7.47. The van der Waals surface area contributed by atoms with Crippen molar-refractivity contribution in [2.24, 2.45) is 10.7 Å². The number of allylic oxidation sites excluding steroid dienone is 1. The van der Waals surface area contributed by atoms with Crippen LogP contribution < -0.4 is 11.1 Å². The van der Waals surface area contributed by atoms with Gasteiger partial charge in [0.1, 0.15) is 6.17 Å². The van der Waals surface area contributed by atoms with Crippen LogP contribution in [0.1, 0.15) is 0 Å². The molecule has 9 heavy (non-hydrogen) atoms. The molecular formula is C6H7N3. The van der Waals surface area contributed by atoms with Gasteiger partial charge in [0, 0.05) is 18.0 Å². The van der Waals surface area contributed by atoms with E-state index in [2.05, 4.69) is 10.3 Å². The van der Waals surface area contributed by atoms with E-state index in [1.165, 1.54) is 0 Å². The molecule has 0 radical (unpaired) electrons. The van der Waals surface area contributed by atoms with Crippen molar-refractivity contribution in [2.45, 2.75) is 6.17 Å². The predicted molar refractivity (Wildman–Crippen MR) is 35.8 cm³/mol. The van der Waals surface area contributed by atoms with Gasteiger partial charge in [0.2, 0.25) is 0 Å². The average Bonchev–Trinajstić information content (AvgIpc) is 2.35. The normalized spacial score (nSPS) is 29.1. The Bertz CT molecular complexity index is 224. The van der Waals surface area contributed by atoms with Crippen LogP contribution in [0.2, 0.25) is 0 Å². The number of hydrogen-bond donors (Lipinski definition) is 2. The van der Waals surface area contributed by atoms with Crippen LogP contribution in [-0.4, -0.2) is 12.4 Å². The maximum atomic E-state index is 5.57. The molecule has 0 saturated carbocycles. The van der Waals surface area contributed by atoms with Crippen molar-refractivity contribution in [3.8, 4) is 0 Å². The number of nitrogens with zero attached hydrogens (tertiary/aromatic N) is 1. The predicted octanol–water partition coefficient (Wildman–Crippen LogP) is -0.273. The van der Waals surface area contributed by atoms with E-state index in [1.807, 2.05) is 6.08 Å². The van der Waals surface area contributed by atoms with Gasteiger partial charge in [-0.2, -0.15) is 0 Å². The van der Waals surface area contributed by atoms with Crippen molar-refractivity contribution in [1.29, 1.82) is 0 Å². The Hall–Kier alpha value is -1.25. The van der Waals surface area contributed by atoms with Crippen LogP contribution in [0.3, 0.4) is 0 Å². The third kappa shape index (κ3) is 0.483. The fraction of sp³-hybridized carbons (Fsp3) is 0.167. The molecule has 1 unspecified atom stereocenters. The van der Waals surface area contributed by atoms with Crippen molar-refractivity contribution in [2.75, 3.05) is 0 Å². The van der Waals surface area contributed by atoms with Crippen molar-refractivity contribution in [3.05, 3.63) is 23.5 Å². The highest BCUT2D eigenvalue weighted by Gasteiger charge is 2.21. The van der Waals surface area contributed by atoms with Gasteiger partial charge in [0.05, 0.1) is 5.70 Å². The third-order valence-electron chi connectivity index (χ3n) is 1.51. The number of nitrogens with two attached hydrogens (primary N) is 1. The van der Waals surface area contributed by atoms with Crippen LogP contribution in [0.4, 0.5) is 0 Å². The number of rotatable bonds is 0. The van der Waals surface area contributed by atoms with Crippen molar-refractivity contribution >= 4 is 6.21 Å². The molecule has 0 saturated heterocycles. The molecule has 3 N–H and O–H groups in total. The molecule has 0 spiro atoms. The Morgan fingerprint density at radius 1 is 1.67 bits per heavy atom. The number of aliphatic imine (C=N–C) groups is 1. The van der Waals surface area contributed by atoms with Gasteiger partial charge in [-0.15, -0.1) is 0 Å². The van der Waals surface area contributed by atoms with E-state index in [-0.39, 0.29) is 6.17 Å². The third-order valence-corrected chi connectivity index (χ3v) is 1.51. The zero-order valence-corrected chi connectivity index (χ0v) is 4.83. The van der Waals surface area contributed by atoms with Gasteiger partial charge in [-0.3, -0.25) is 4.99 Å².